The molecule has 2 aromatic rings. The smallest absolute Gasteiger partial charge is 0.261 e. The van der Waals surface area contributed by atoms with Gasteiger partial charge in [0, 0.05) is 18.1 Å². The van der Waals surface area contributed by atoms with Crippen LogP contribution in [0.25, 0.3) is 10.4 Å². The van der Waals surface area contributed by atoms with Crippen LogP contribution in [0.5, 0.6) is 0 Å². The summed E-state index contributed by atoms with van der Waals surface area (Å²) >= 11 is 0. The molecule has 2 rings (SSSR count). The molecule has 4 nitrogen and oxygen atoms in total. The van der Waals surface area contributed by atoms with Crippen LogP contribution in [0.4, 0.5) is 0 Å². The fourth-order valence-corrected chi connectivity index (χ4v) is 8.28. The van der Waals surface area contributed by atoms with Crippen LogP contribution >= 0.6 is 0 Å². The second kappa shape index (κ2) is 10.3. The first-order chi connectivity index (χ1) is 13.0. The van der Waals surface area contributed by atoms with Gasteiger partial charge < -0.3 is 4.43 Å². The number of azide groups is 1. The van der Waals surface area contributed by atoms with E-state index in [2.05, 4.69) is 91.5 Å². The van der Waals surface area contributed by atoms with Crippen LogP contribution in [0.1, 0.15) is 46.5 Å². The zero-order valence-electron chi connectivity index (χ0n) is 16.8. The Kier molecular flexibility index (Phi) is 8.11. The molecule has 0 saturated carbocycles. The van der Waals surface area contributed by atoms with Gasteiger partial charge in [0.25, 0.3) is 8.32 Å². The summed E-state index contributed by atoms with van der Waals surface area (Å²) in [6.07, 6.45) is 4.15. The maximum absolute atomic E-state index is 8.33. The first-order valence-corrected chi connectivity index (χ1v) is 11.7. The first-order valence-electron chi connectivity index (χ1n) is 9.78. The van der Waals surface area contributed by atoms with Crippen molar-refractivity contribution in [1.82, 2.24) is 0 Å². The van der Waals surface area contributed by atoms with Gasteiger partial charge in [-0.05, 0) is 33.8 Å². The minimum atomic E-state index is -2.40. The van der Waals surface area contributed by atoms with Crippen molar-refractivity contribution in [3.8, 4) is 0 Å². The standard InChI is InChI=1S/C22H31N3OSi/c1-22(2,3)27(20-14-8-6-9-15-20,21-16-10-7-11-17-21)26-19-13-5-4-12-18-24-25-23/h6-11,14-17H,4-5,12-13,18-19H2,1-3H3. The minimum Gasteiger partial charge on any atom is -0.407 e. The van der Waals surface area contributed by atoms with Gasteiger partial charge in [-0.15, -0.1) is 0 Å². The molecule has 0 fully saturated rings. The summed E-state index contributed by atoms with van der Waals surface area (Å²) in [5, 5.41) is 6.27. The minimum absolute atomic E-state index is 0.0250. The number of hydrogen-bond donors (Lipinski definition) is 0. The van der Waals surface area contributed by atoms with Crippen LogP contribution in [-0.4, -0.2) is 21.5 Å². The van der Waals surface area contributed by atoms with Gasteiger partial charge in [-0.1, -0.05) is 99.4 Å². The molecule has 0 heterocycles. The predicted molar refractivity (Wildman–Crippen MR) is 116 cm³/mol. The molecular weight excluding hydrogens is 350 g/mol. The molecule has 0 aromatic heterocycles. The molecule has 0 aliphatic rings. The zero-order valence-corrected chi connectivity index (χ0v) is 17.8. The van der Waals surface area contributed by atoms with Gasteiger partial charge in [0.1, 0.15) is 0 Å². The monoisotopic (exact) mass is 381 g/mol. The topological polar surface area (TPSA) is 58.0 Å². The summed E-state index contributed by atoms with van der Waals surface area (Å²) < 4.78 is 6.85. The quantitative estimate of drug-likeness (QED) is 0.178. The maximum atomic E-state index is 8.33. The highest BCUT2D eigenvalue weighted by molar-refractivity contribution is 6.99. The molecular formula is C22H31N3OSi. The van der Waals surface area contributed by atoms with E-state index in [1.165, 1.54) is 10.4 Å². The zero-order chi connectivity index (χ0) is 19.6. The second-order valence-corrected chi connectivity index (χ2v) is 12.2. The van der Waals surface area contributed by atoms with E-state index < -0.39 is 8.32 Å². The van der Waals surface area contributed by atoms with E-state index in [1.807, 2.05) is 0 Å². The summed E-state index contributed by atoms with van der Waals surface area (Å²) in [5.41, 5.74) is 8.33. The Morgan fingerprint density at radius 3 is 1.85 bits per heavy atom. The van der Waals surface area contributed by atoms with E-state index in [-0.39, 0.29) is 5.04 Å². The van der Waals surface area contributed by atoms with Gasteiger partial charge in [-0.2, -0.15) is 0 Å². The molecule has 0 atom stereocenters. The lowest BCUT2D eigenvalue weighted by atomic mass is 10.2. The molecule has 27 heavy (non-hydrogen) atoms. The van der Waals surface area contributed by atoms with Crippen molar-refractivity contribution >= 4 is 18.7 Å². The summed E-state index contributed by atoms with van der Waals surface area (Å²) in [5.74, 6) is 0. The van der Waals surface area contributed by atoms with E-state index in [0.29, 0.717) is 6.54 Å². The van der Waals surface area contributed by atoms with Crippen molar-refractivity contribution in [2.75, 3.05) is 13.2 Å². The van der Waals surface area contributed by atoms with Crippen molar-refractivity contribution in [2.45, 2.75) is 51.5 Å². The average Bonchev–Trinajstić information content (AvgIpc) is 2.67. The number of nitrogens with zero attached hydrogens (tertiary/aromatic N) is 3. The highest BCUT2D eigenvalue weighted by atomic mass is 28.4. The van der Waals surface area contributed by atoms with Gasteiger partial charge in [0.2, 0.25) is 0 Å². The van der Waals surface area contributed by atoms with Crippen molar-refractivity contribution < 1.29 is 4.43 Å². The van der Waals surface area contributed by atoms with Gasteiger partial charge in [0.15, 0.2) is 0 Å². The number of unbranched alkanes of at least 4 members (excludes halogenated alkanes) is 3. The summed E-state index contributed by atoms with van der Waals surface area (Å²) in [7, 11) is -2.40. The lowest BCUT2D eigenvalue weighted by molar-refractivity contribution is 0.286. The summed E-state index contributed by atoms with van der Waals surface area (Å²) in [4.78, 5) is 2.80. The molecule has 0 N–H and O–H groups in total. The Bertz CT molecular complexity index is 683. The van der Waals surface area contributed by atoms with E-state index in [4.69, 9.17) is 9.96 Å². The van der Waals surface area contributed by atoms with Crippen LogP contribution in [-0.2, 0) is 4.43 Å². The fraction of sp³-hybridized carbons (Fsp3) is 0.455. The highest BCUT2D eigenvalue weighted by Crippen LogP contribution is 2.36. The van der Waals surface area contributed by atoms with Crippen LogP contribution in [0.15, 0.2) is 65.8 Å². The molecule has 0 radical (unpaired) electrons. The largest absolute Gasteiger partial charge is 0.407 e. The average molecular weight is 382 g/mol. The van der Waals surface area contributed by atoms with Crippen molar-refractivity contribution in [3.05, 3.63) is 71.1 Å². The van der Waals surface area contributed by atoms with Gasteiger partial charge in [-0.3, -0.25) is 0 Å². The Balaban J connectivity index is 2.19. The van der Waals surface area contributed by atoms with Gasteiger partial charge in [0.05, 0.1) is 0 Å². The third kappa shape index (κ3) is 5.45. The van der Waals surface area contributed by atoms with Gasteiger partial charge in [-0.25, -0.2) is 0 Å². The van der Waals surface area contributed by atoms with Crippen molar-refractivity contribution in [3.63, 3.8) is 0 Å². The molecule has 0 amide bonds. The summed E-state index contributed by atoms with van der Waals surface area (Å²) in [6, 6.07) is 21.5. The van der Waals surface area contributed by atoms with Crippen LogP contribution in [0.3, 0.4) is 0 Å². The molecule has 0 saturated heterocycles. The van der Waals surface area contributed by atoms with Crippen LogP contribution in [0.2, 0.25) is 5.04 Å². The number of benzene rings is 2. The van der Waals surface area contributed by atoms with E-state index in [1.54, 1.807) is 0 Å². The van der Waals surface area contributed by atoms with Crippen LogP contribution < -0.4 is 10.4 Å². The second-order valence-electron chi connectivity index (χ2n) is 7.88. The first kappa shape index (κ1) is 21.2. The molecule has 5 heteroatoms. The molecule has 0 spiro atoms. The number of rotatable bonds is 10. The van der Waals surface area contributed by atoms with Crippen LogP contribution in [0, 0.1) is 0 Å². The molecule has 0 aliphatic heterocycles. The van der Waals surface area contributed by atoms with E-state index >= 15 is 0 Å². The molecule has 2 aromatic carbocycles. The third-order valence-corrected chi connectivity index (χ3v) is 9.99. The Morgan fingerprint density at radius 2 is 1.37 bits per heavy atom. The normalized spacial score (nSPS) is 11.8. The SMILES string of the molecule is CC(C)(C)[Si](OCCCCCCN=[N+]=[N-])(c1ccccc1)c1ccccc1. The Morgan fingerprint density at radius 1 is 0.852 bits per heavy atom. The van der Waals surface area contributed by atoms with Gasteiger partial charge >= 0.3 is 0 Å². The third-order valence-electron chi connectivity index (χ3n) is 4.95. The van der Waals surface area contributed by atoms with Crippen molar-refractivity contribution in [2.24, 2.45) is 5.11 Å². The van der Waals surface area contributed by atoms with Crippen molar-refractivity contribution in [1.29, 1.82) is 0 Å². The maximum Gasteiger partial charge on any atom is 0.261 e. The highest BCUT2D eigenvalue weighted by Gasteiger charge is 2.49. The van der Waals surface area contributed by atoms with E-state index in [9.17, 15) is 0 Å². The molecule has 0 aliphatic carbocycles. The lowest BCUT2D eigenvalue weighted by Crippen LogP contribution is -2.66. The predicted octanol–water partition coefficient (Wildman–Crippen LogP) is 5.43. The fourth-order valence-electron chi connectivity index (χ4n) is 3.67. The number of hydrogen-bond acceptors (Lipinski definition) is 2. The Hall–Kier alpha value is -2.07. The molecule has 0 unspecified atom stereocenters. The molecule has 144 valence electrons. The molecule has 0 bridgehead atoms. The summed E-state index contributed by atoms with van der Waals surface area (Å²) in [6.45, 7) is 8.26. The van der Waals surface area contributed by atoms with E-state index in [0.717, 1.165) is 32.3 Å². The lowest BCUT2D eigenvalue weighted by Gasteiger charge is -2.43. The Labute approximate surface area is 164 Å².